The summed E-state index contributed by atoms with van der Waals surface area (Å²) in [6, 6.07) is 22.1. The molecule has 30 heavy (non-hydrogen) atoms. The minimum absolute atomic E-state index is 0.0446. The number of rotatable bonds is 8. The Morgan fingerprint density at radius 3 is 2.43 bits per heavy atom. The zero-order chi connectivity index (χ0) is 20.8. The lowest BCUT2D eigenvalue weighted by atomic mass is 10.1. The van der Waals surface area contributed by atoms with Crippen molar-refractivity contribution in [3.63, 3.8) is 0 Å². The van der Waals surface area contributed by atoms with E-state index in [1.54, 1.807) is 11.3 Å². The van der Waals surface area contributed by atoms with Crippen molar-refractivity contribution in [3.05, 3.63) is 93.7 Å². The van der Waals surface area contributed by atoms with E-state index in [1.165, 1.54) is 10.4 Å². The van der Waals surface area contributed by atoms with Crippen LogP contribution in [0.1, 0.15) is 39.2 Å². The molecule has 1 saturated heterocycles. The monoisotopic (exact) mass is 418 g/mol. The molecule has 0 saturated carbocycles. The van der Waals surface area contributed by atoms with Crippen molar-refractivity contribution < 1.29 is 9.59 Å². The molecule has 154 valence electrons. The molecule has 0 aliphatic carbocycles. The summed E-state index contributed by atoms with van der Waals surface area (Å²) < 4.78 is 0. The fraction of sp³-hybridized carbons (Fsp3) is 0.280. The second-order valence-corrected chi connectivity index (χ2v) is 8.69. The minimum Gasteiger partial charge on any atom is -0.338 e. The van der Waals surface area contributed by atoms with E-state index in [0.717, 1.165) is 24.9 Å². The van der Waals surface area contributed by atoms with Crippen LogP contribution in [-0.4, -0.2) is 34.7 Å². The van der Waals surface area contributed by atoms with Gasteiger partial charge in [0.15, 0.2) is 0 Å². The van der Waals surface area contributed by atoms with E-state index in [4.69, 9.17) is 0 Å². The average molecular weight is 419 g/mol. The van der Waals surface area contributed by atoms with Gasteiger partial charge >= 0.3 is 0 Å². The summed E-state index contributed by atoms with van der Waals surface area (Å²) in [6.45, 7) is 2.74. The van der Waals surface area contributed by atoms with Crippen LogP contribution in [0.15, 0.2) is 72.1 Å². The smallest absolute Gasteiger partial charge is 0.254 e. The molecule has 0 spiro atoms. The van der Waals surface area contributed by atoms with E-state index >= 15 is 0 Å². The Kier molecular flexibility index (Phi) is 6.60. The second-order valence-electron chi connectivity index (χ2n) is 7.66. The Hall–Kier alpha value is -2.92. The maximum atomic E-state index is 13.3. The maximum Gasteiger partial charge on any atom is 0.254 e. The van der Waals surface area contributed by atoms with Crippen molar-refractivity contribution in [1.29, 1.82) is 0 Å². The van der Waals surface area contributed by atoms with Crippen LogP contribution >= 0.6 is 11.3 Å². The third-order valence-corrected chi connectivity index (χ3v) is 6.33. The summed E-state index contributed by atoms with van der Waals surface area (Å²) in [6.07, 6.45) is 2.41. The van der Waals surface area contributed by atoms with Gasteiger partial charge < -0.3 is 9.80 Å². The van der Waals surface area contributed by atoms with Crippen LogP contribution in [0.25, 0.3) is 0 Å². The predicted octanol–water partition coefficient (Wildman–Crippen LogP) is 4.76. The Labute approximate surface area is 181 Å². The van der Waals surface area contributed by atoms with E-state index in [0.29, 0.717) is 31.6 Å². The zero-order valence-corrected chi connectivity index (χ0v) is 17.8. The molecule has 4 rings (SSSR count). The summed E-state index contributed by atoms with van der Waals surface area (Å²) in [4.78, 5) is 30.1. The van der Waals surface area contributed by atoms with Crippen molar-refractivity contribution in [2.75, 3.05) is 13.1 Å². The van der Waals surface area contributed by atoms with Crippen LogP contribution < -0.4 is 0 Å². The second kappa shape index (κ2) is 9.72. The van der Waals surface area contributed by atoms with Gasteiger partial charge in [-0.05, 0) is 47.5 Å². The molecule has 3 aromatic rings. The summed E-state index contributed by atoms with van der Waals surface area (Å²) in [5, 5.41) is 2.05. The van der Waals surface area contributed by atoms with E-state index in [1.807, 2.05) is 63.7 Å². The number of amides is 2. The first-order valence-electron chi connectivity index (χ1n) is 10.4. The molecule has 2 heterocycles. The molecule has 0 radical (unpaired) electrons. The lowest BCUT2D eigenvalue weighted by Gasteiger charge is -2.23. The standard InChI is InChI=1S/C25H26N2O2S/c28-24-9-4-15-26(24)18-21-10-12-22(13-11-21)25(29)27(19-23-8-5-17-30-23)16-14-20-6-2-1-3-7-20/h1-3,5-8,10-13,17H,4,9,14-16,18-19H2. The van der Waals surface area contributed by atoms with Gasteiger partial charge in [-0.25, -0.2) is 0 Å². The molecule has 0 unspecified atom stereocenters. The molecule has 0 N–H and O–H groups in total. The highest BCUT2D eigenvalue weighted by Gasteiger charge is 2.21. The molecule has 0 bridgehead atoms. The van der Waals surface area contributed by atoms with E-state index < -0.39 is 0 Å². The topological polar surface area (TPSA) is 40.6 Å². The van der Waals surface area contributed by atoms with Crippen molar-refractivity contribution >= 4 is 23.2 Å². The molecule has 1 aliphatic rings. The van der Waals surface area contributed by atoms with Gasteiger partial charge in [-0.1, -0.05) is 48.5 Å². The largest absolute Gasteiger partial charge is 0.338 e. The van der Waals surface area contributed by atoms with Gasteiger partial charge in [-0.3, -0.25) is 9.59 Å². The minimum atomic E-state index is 0.0446. The maximum absolute atomic E-state index is 13.3. The SMILES string of the molecule is O=C1CCCN1Cc1ccc(C(=O)N(CCc2ccccc2)Cc2cccs2)cc1. The summed E-state index contributed by atoms with van der Waals surface area (Å²) in [5.41, 5.74) is 2.99. The van der Waals surface area contributed by atoms with Crippen LogP contribution in [0.4, 0.5) is 0 Å². The quantitative estimate of drug-likeness (QED) is 0.529. The van der Waals surface area contributed by atoms with Gasteiger partial charge in [0, 0.05) is 36.5 Å². The fourth-order valence-electron chi connectivity index (χ4n) is 3.78. The van der Waals surface area contributed by atoms with Crippen molar-refractivity contribution in [2.24, 2.45) is 0 Å². The number of carbonyl (C=O) groups is 2. The molecule has 0 atom stereocenters. The van der Waals surface area contributed by atoms with Crippen LogP contribution in [0.2, 0.25) is 0 Å². The Balaban J connectivity index is 1.45. The highest BCUT2D eigenvalue weighted by Crippen LogP contribution is 2.18. The van der Waals surface area contributed by atoms with Gasteiger partial charge in [-0.15, -0.1) is 11.3 Å². The van der Waals surface area contributed by atoms with Gasteiger partial charge in [0.1, 0.15) is 0 Å². The molecule has 2 aromatic carbocycles. The van der Waals surface area contributed by atoms with E-state index in [9.17, 15) is 9.59 Å². The highest BCUT2D eigenvalue weighted by molar-refractivity contribution is 7.09. The fourth-order valence-corrected chi connectivity index (χ4v) is 4.50. The first kappa shape index (κ1) is 20.4. The molecule has 5 heteroatoms. The third-order valence-electron chi connectivity index (χ3n) is 5.47. The molecule has 1 aliphatic heterocycles. The molecular formula is C25H26N2O2S. The number of hydrogen-bond acceptors (Lipinski definition) is 3. The average Bonchev–Trinajstić information content (AvgIpc) is 3.44. The molecule has 2 amide bonds. The summed E-state index contributed by atoms with van der Waals surface area (Å²) >= 11 is 1.67. The summed E-state index contributed by atoms with van der Waals surface area (Å²) in [5.74, 6) is 0.265. The van der Waals surface area contributed by atoms with Gasteiger partial charge in [0.25, 0.3) is 5.91 Å². The number of benzene rings is 2. The molecule has 1 aromatic heterocycles. The van der Waals surface area contributed by atoms with Gasteiger partial charge in [0.2, 0.25) is 5.91 Å². The number of thiophene rings is 1. The summed E-state index contributed by atoms with van der Waals surface area (Å²) in [7, 11) is 0. The number of nitrogens with zero attached hydrogens (tertiary/aromatic N) is 2. The van der Waals surface area contributed by atoms with Gasteiger partial charge in [0.05, 0.1) is 6.54 Å². The van der Waals surface area contributed by atoms with Gasteiger partial charge in [-0.2, -0.15) is 0 Å². The Bertz CT molecular complexity index is 968. The number of hydrogen-bond donors (Lipinski definition) is 0. The Morgan fingerprint density at radius 2 is 1.77 bits per heavy atom. The zero-order valence-electron chi connectivity index (χ0n) is 17.0. The lowest BCUT2D eigenvalue weighted by molar-refractivity contribution is -0.128. The highest BCUT2D eigenvalue weighted by atomic mass is 32.1. The van der Waals surface area contributed by atoms with Crippen molar-refractivity contribution in [3.8, 4) is 0 Å². The van der Waals surface area contributed by atoms with E-state index in [2.05, 4.69) is 18.2 Å². The first-order chi connectivity index (χ1) is 14.7. The predicted molar refractivity (Wildman–Crippen MR) is 120 cm³/mol. The Morgan fingerprint density at radius 1 is 0.967 bits per heavy atom. The molecule has 4 nitrogen and oxygen atoms in total. The number of carbonyl (C=O) groups excluding carboxylic acids is 2. The van der Waals surface area contributed by atoms with E-state index in [-0.39, 0.29) is 11.8 Å². The van der Waals surface area contributed by atoms with Crippen LogP contribution in [0.5, 0.6) is 0 Å². The van der Waals surface area contributed by atoms with Crippen molar-refractivity contribution in [2.45, 2.75) is 32.4 Å². The van der Waals surface area contributed by atoms with Crippen LogP contribution in [0.3, 0.4) is 0 Å². The lowest BCUT2D eigenvalue weighted by Crippen LogP contribution is -2.32. The normalized spacial score (nSPS) is 13.6. The third kappa shape index (κ3) is 5.16. The van der Waals surface area contributed by atoms with Crippen LogP contribution in [0, 0.1) is 0 Å². The molecule has 1 fully saturated rings. The van der Waals surface area contributed by atoms with Crippen LogP contribution in [-0.2, 0) is 24.3 Å². The first-order valence-corrected chi connectivity index (χ1v) is 11.3. The molecular weight excluding hydrogens is 392 g/mol. The van der Waals surface area contributed by atoms with Crippen molar-refractivity contribution in [1.82, 2.24) is 9.80 Å². The number of likely N-dealkylation sites (tertiary alicyclic amines) is 1.